The fourth-order valence-electron chi connectivity index (χ4n) is 2.83. The highest BCUT2D eigenvalue weighted by Crippen LogP contribution is 2.14. The van der Waals surface area contributed by atoms with Gasteiger partial charge in [0.25, 0.3) is 0 Å². The third-order valence-corrected chi connectivity index (χ3v) is 4.23. The molecule has 1 aliphatic heterocycles. The van der Waals surface area contributed by atoms with Gasteiger partial charge in [-0.05, 0) is 50.8 Å². The Kier molecular flexibility index (Phi) is 7.76. The van der Waals surface area contributed by atoms with E-state index in [0.717, 1.165) is 26.1 Å². The molecule has 1 unspecified atom stereocenters. The Balaban J connectivity index is 0.00000220. The molecule has 0 radical (unpaired) electrons. The maximum Gasteiger partial charge on any atom is 0.222 e. The van der Waals surface area contributed by atoms with Crippen molar-refractivity contribution in [3.8, 4) is 0 Å². The molecule has 1 fully saturated rings. The summed E-state index contributed by atoms with van der Waals surface area (Å²) in [5.41, 5.74) is 2.51. The van der Waals surface area contributed by atoms with Gasteiger partial charge in [-0.25, -0.2) is 0 Å². The van der Waals surface area contributed by atoms with Crippen molar-refractivity contribution in [2.45, 2.75) is 52.1 Å². The van der Waals surface area contributed by atoms with Crippen molar-refractivity contribution in [3.63, 3.8) is 0 Å². The lowest BCUT2D eigenvalue weighted by molar-refractivity contribution is -0.131. The first kappa shape index (κ1) is 18.0. The van der Waals surface area contributed by atoms with Crippen LogP contribution in [0.4, 0.5) is 0 Å². The summed E-state index contributed by atoms with van der Waals surface area (Å²) in [6.07, 6.45) is 4.11. The normalized spacial score (nSPS) is 17.3. The second-order valence-corrected chi connectivity index (χ2v) is 5.67. The van der Waals surface area contributed by atoms with Crippen molar-refractivity contribution in [1.82, 2.24) is 10.2 Å². The summed E-state index contributed by atoms with van der Waals surface area (Å²) in [6, 6.07) is 8.86. The fourth-order valence-corrected chi connectivity index (χ4v) is 2.83. The molecule has 1 aliphatic rings. The summed E-state index contributed by atoms with van der Waals surface area (Å²) >= 11 is 0. The van der Waals surface area contributed by atoms with Gasteiger partial charge in [0.1, 0.15) is 0 Å². The Hall–Kier alpha value is -1.06. The number of amides is 1. The lowest BCUT2D eigenvalue weighted by Gasteiger charge is -2.22. The first-order chi connectivity index (χ1) is 9.70. The van der Waals surface area contributed by atoms with Crippen molar-refractivity contribution in [2.24, 2.45) is 0 Å². The predicted octanol–water partition coefficient (Wildman–Crippen LogP) is 3.30. The highest BCUT2D eigenvalue weighted by molar-refractivity contribution is 5.85. The predicted molar refractivity (Wildman–Crippen MR) is 89.8 cm³/mol. The molecular formula is C17H27ClN2O. The molecule has 1 amide bonds. The molecule has 1 aromatic rings. The van der Waals surface area contributed by atoms with E-state index in [9.17, 15) is 4.79 Å². The van der Waals surface area contributed by atoms with Gasteiger partial charge in [-0.2, -0.15) is 0 Å². The summed E-state index contributed by atoms with van der Waals surface area (Å²) < 4.78 is 0. The van der Waals surface area contributed by atoms with Gasteiger partial charge in [0.15, 0.2) is 0 Å². The van der Waals surface area contributed by atoms with E-state index in [0.29, 0.717) is 12.5 Å². The summed E-state index contributed by atoms with van der Waals surface area (Å²) in [7, 11) is 0. The van der Waals surface area contributed by atoms with E-state index in [1.165, 1.54) is 24.0 Å². The molecule has 2 rings (SSSR count). The van der Waals surface area contributed by atoms with Crippen molar-refractivity contribution in [3.05, 3.63) is 35.4 Å². The molecule has 1 atom stereocenters. The van der Waals surface area contributed by atoms with Crippen LogP contribution < -0.4 is 5.32 Å². The van der Waals surface area contributed by atoms with Gasteiger partial charge in [-0.1, -0.05) is 24.3 Å². The Morgan fingerprint density at radius 2 is 2.14 bits per heavy atom. The van der Waals surface area contributed by atoms with Gasteiger partial charge in [0.05, 0.1) is 0 Å². The van der Waals surface area contributed by atoms with Gasteiger partial charge >= 0.3 is 0 Å². The molecule has 118 valence electrons. The van der Waals surface area contributed by atoms with Crippen molar-refractivity contribution in [2.75, 3.05) is 13.1 Å². The minimum absolute atomic E-state index is 0. The van der Waals surface area contributed by atoms with Gasteiger partial charge in [0.2, 0.25) is 5.91 Å². The van der Waals surface area contributed by atoms with Crippen LogP contribution in [0.5, 0.6) is 0 Å². The van der Waals surface area contributed by atoms with Gasteiger partial charge in [-0.3, -0.25) is 4.79 Å². The van der Waals surface area contributed by atoms with Crippen molar-refractivity contribution >= 4 is 18.3 Å². The number of rotatable bonds is 6. The topological polar surface area (TPSA) is 32.3 Å². The molecule has 3 nitrogen and oxygen atoms in total. The molecule has 1 heterocycles. The van der Waals surface area contributed by atoms with Gasteiger partial charge in [-0.15, -0.1) is 12.4 Å². The van der Waals surface area contributed by atoms with Crippen LogP contribution in [-0.2, 0) is 11.3 Å². The standard InChI is InChI=1S/C17H26N2O.ClH/c1-3-19(13-15-8-5-4-7-14(15)2)17(20)11-10-16-9-6-12-18-16;/h4-5,7-8,16,18H,3,6,9-13H2,1-2H3;1H. The number of carbonyl (C=O) groups excluding carboxylic acids is 1. The lowest BCUT2D eigenvalue weighted by Crippen LogP contribution is -2.32. The molecular weight excluding hydrogens is 284 g/mol. The molecule has 0 saturated carbocycles. The van der Waals surface area contributed by atoms with Crippen molar-refractivity contribution in [1.29, 1.82) is 0 Å². The summed E-state index contributed by atoms with van der Waals surface area (Å²) in [5, 5.41) is 3.46. The minimum atomic E-state index is 0. The molecule has 1 N–H and O–H groups in total. The Bertz CT molecular complexity index is 444. The van der Waals surface area contributed by atoms with Crippen LogP contribution in [0.15, 0.2) is 24.3 Å². The van der Waals surface area contributed by atoms with E-state index < -0.39 is 0 Å². The summed E-state index contributed by atoms with van der Waals surface area (Å²) in [6.45, 7) is 6.80. The smallest absolute Gasteiger partial charge is 0.222 e. The second-order valence-electron chi connectivity index (χ2n) is 5.67. The van der Waals surface area contributed by atoms with Crippen LogP contribution in [0.2, 0.25) is 0 Å². The maximum atomic E-state index is 12.3. The maximum absolute atomic E-state index is 12.3. The third-order valence-electron chi connectivity index (χ3n) is 4.23. The third kappa shape index (κ3) is 5.33. The van der Waals surface area contributed by atoms with E-state index in [1.807, 2.05) is 17.0 Å². The number of aryl methyl sites for hydroxylation is 1. The molecule has 1 aromatic carbocycles. The number of hydrogen-bond donors (Lipinski definition) is 1. The number of halogens is 1. The quantitative estimate of drug-likeness (QED) is 0.874. The molecule has 0 aliphatic carbocycles. The van der Waals surface area contributed by atoms with E-state index in [4.69, 9.17) is 0 Å². The zero-order chi connectivity index (χ0) is 14.4. The first-order valence-electron chi connectivity index (χ1n) is 7.76. The van der Waals surface area contributed by atoms with Gasteiger partial charge < -0.3 is 10.2 Å². The first-order valence-corrected chi connectivity index (χ1v) is 7.76. The summed E-state index contributed by atoms with van der Waals surface area (Å²) in [4.78, 5) is 14.3. The number of benzene rings is 1. The summed E-state index contributed by atoms with van der Waals surface area (Å²) in [5.74, 6) is 0.282. The van der Waals surface area contributed by atoms with Crippen LogP contribution in [0, 0.1) is 6.92 Å². The number of carbonyl (C=O) groups is 1. The van der Waals surface area contributed by atoms with E-state index in [-0.39, 0.29) is 18.3 Å². The zero-order valence-corrected chi connectivity index (χ0v) is 13.9. The molecule has 0 bridgehead atoms. The van der Waals surface area contributed by atoms with Crippen LogP contribution >= 0.6 is 12.4 Å². The minimum Gasteiger partial charge on any atom is -0.339 e. The van der Waals surface area contributed by atoms with E-state index in [2.05, 4.69) is 31.3 Å². The van der Waals surface area contributed by atoms with Crippen LogP contribution in [-0.4, -0.2) is 29.9 Å². The van der Waals surface area contributed by atoms with Crippen LogP contribution in [0.25, 0.3) is 0 Å². The van der Waals surface area contributed by atoms with Crippen molar-refractivity contribution < 1.29 is 4.79 Å². The Morgan fingerprint density at radius 3 is 2.76 bits per heavy atom. The SMILES string of the molecule is CCN(Cc1ccccc1C)C(=O)CCC1CCCN1.Cl. The molecule has 21 heavy (non-hydrogen) atoms. The number of hydrogen-bond acceptors (Lipinski definition) is 2. The van der Waals surface area contributed by atoms with Crippen LogP contribution in [0.3, 0.4) is 0 Å². The van der Waals surface area contributed by atoms with E-state index in [1.54, 1.807) is 0 Å². The average Bonchev–Trinajstić information content (AvgIpc) is 2.97. The largest absolute Gasteiger partial charge is 0.339 e. The average molecular weight is 311 g/mol. The zero-order valence-electron chi connectivity index (χ0n) is 13.1. The molecule has 0 spiro atoms. The van der Waals surface area contributed by atoms with Gasteiger partial charge in [0, 0.05) is 25.6 Å². The van der Waals surface area contributed by atoms with E-state index >= 15 is 0 Å². The molecule has 1 saturated heterocycles. The van der Waals surface area contributed by atoms with Crippen LogP contribution in [0.1, 0.15) is 43.7 Å². The number of nitrogens with one attached hydrogen (secondary N) is 1. The fraction of sp³-hybridized carbons (Fsp3) is 0.588. The highest BCUT2D eigenvalue weighted by atomic mass is 35.5. The Labute approximate surface area is 134 Å². The number of nitrogens with zero attached hydrogens (tertiary/aromatic N) is 1. The Morgan fingerprint density at radius 1 is 1.38 bits per heavy atom. The monoisotopic (exact) mass is 310 g/mol. The molecule has 0 aromatic heterocycles. The highest BCUT2D eigenvalue weighted by Gasteiger charge is 2.18. The second kappa shape index (κ2) is 9.06. The molecule has 4 heteroatoms. The lowest BCUT2D eigenvalue weighted by atomic mass is 10.1.